The third kappa shape index (κ3) is 2.99. The Bertz CT molecular complexity index is 836. The van der Waals surface area contributed by atoms with Gasteiger partial charge in [-0.2, -0.15) is 4.80 Å². The first-order valence-electron chi connectivity index (χ1n) is 9.62. The van der Waals surface area contributed by atoms with Crippen molar-refractivity contribution in [3.8, 4) is 0 Å². The number of carbonyl (C=O) groups excluding carboxylic acids is 1. The molecule has 4 saturated carbocycles. The highest BCUT2D eigenvalue weighted by molar-refractivity contribution is 5.91. The Kier molecular flexibility index (Phi) is 3.75. The maximum absolute atomic E-state index is 12.4. The molecule has 2 aromatic heterocycles. The lowest BCUT2D eigenvalue weighted by Crippen LogP contribution is -2.65. The minimum Gasteiger partial charge on any atom is -0.308 e. The summed E-state index contributed by atoms with van der Waals surface area (Å²) in [4.78, 5) is 22.3. The van der Waals surface area contributed by atoms with E-state index >= 15 is 0 Å². The maximum atomic E-state index is 12.4. The van der Waals surface area contributed by atoms with E-state index in [9.17, 15) is 4.79 Å². The molecule has 0 aromatic carbocycles. The van der Waals surface area contributed by atoms with Gasteiger partial charge >= 0.3 is 0 Å². The standard InChI is InChI=1S/C18H24N8O/c1-12-23-25-26(24-12)18-7-13-4-14(8-18)6-17(5-13,11-18)21-10-16(27)22-15-9-19-2-3-20-15/h2-3,9,13-14,21H,4-8,10-11H2,1H3,(H,20,22,27)/t13-,14-,17?,18?/m0/s1. The molecule has 9 heteroatoms. The van der Waals surface area contributed by atoms with Crippen LogP contribution in [0.15, 0.2) is 18.6 Å². The fourth-order valence-electron chi connectivity index (χ4n) is 5.96. The van der Waals surface area contributed by atoms with Gasteiger partial charge in [0.1, 0.15) is 0 Å². The van der Waals surface area contributed by atoms with Crippen molar-refractivity contribution in [2.45, 2.75) is 56.5 Å². The van der Waals surface area contributed by atoms with E-state index in [1.807, 2.05) is 11.7 Å². The Morgan fingerprint density at radius 1 is 1.26 bits per heavy atom. The third-order valence-electron chi connectivity index (χ3n) is 6.42. The molecule has 0 saturated heterocycles. The van der Waals surface area contributed by atoms with E-state index in [2.05, 4.69) is 36.0 Å². The molecule has 0 spiro atoms. The van der Waals surface area contributed by atoms with Gasteiger partial charge in [0, 0.05) is 17.9 Å². The number of anilines is 1. The molecule has 0 aliphatic heterocycles. The van der Waals surface area contributed by atoms with Crippen LogP contribution >= 0.6 is 0 Å². The first kappa shape index (κ1) is 16.7. The molecule has 2 N–H and O–H groups in total. The van der Waals surface area contributed by atoms with E-state index in [4.69, 9.17) is 0 Å². The highest BCUT2D eigenvalue weighted by Crippen LogP contribution is 2.60. The molecular weight excluding hydrogens is 344 g/mol. The van der Waals surface area contributed by atoms with Crippen LogP contribution in [0.1, 0.15) is 44.3 Å². The zero-order valence-electron chi connectivity index (χ0n) is 15.4. The number of aromatic nitrogens is 6. The Hall–Kier alpha value is -2.42. The topological polar surface area (TPSA) is 111 Å². The normalized spacial score (nSPS) is 34.0. The average molecular weight is 368 g/mol. The summed E-state index contributed by atoms with van der Waals surface area (Å²) in [6.45, 7) is 2.16. The van der Waals surface area contributed by atoms with Crippen LogP contribution in [0.3, 0.4) is 0 Å². The van der Waals surface area contributed by atoms with Gasteiger partial charge in [-0.15, -0.1) is 10.2 Å². The number of amides is 1. The van der Waals surface area contributed by atoms with Crippen LogP contribution in [0.4, 0.5) is 5.82 Å². The van der Waals surface area contributed by atoms with Gasteiger partial charge in [0.15, 0.2) is 11.6 Å². The number of nitrogens with zero attached hydrogens (tertiary/aromatic N) is 6. The predicted molar refractivity (Wildman–Crippen MR) is 96.6 cm³/mol. The van der Waals surface area contributed by atoms with E-state index in [0.29, 0.717) is 17.7 Å². The van der Waals surface area contributed by atoms with Crippen molar-refractivity contribution in [3.63, 3.8) is 0 Å². The number of tetrazole rings is 1. The van der Waals surface area contributed by atoms with Crippen LogP contribution in [0.5, 0.6) is 0 Å². The zero-order valence-corrected chi connectivity index (χ0v) is 15.4. The number of rotatable bonds is 5. The number of nitrogens with one attached hydrogen (secondary N) is 2. The number of aryl methyl sites for hydroxylation is 1. The summed E-state index contributed by atoms with van der Waals surface area (Å²) >= 11 is 0. The number of carbonyl (C=O) groups is 1. The van der Waals surface area contributed by atoms with Crippen molar-refractivity contribution in [2.75, 3.05) is 11.9 Å². The van der Waals surface area contributed by atoms with Crippen molar-refractivity contribution < 1.29 is 4.79 Å². The Balaban J connectivity index is 1.31. The van der Waals surface area contributed by atoms with Crippen molar-refractivity contribution in [3.05, 3.63) is 24.4 Å². The molecule has 9 nitrogen and oxygen atoms in total. The molecule has 6 rings (SSSR count). The van der Waals surface area contributed by atoms with Gasteiger partial charge < -0.3 is 10.6 Å². The summed E-state index contributed by atoms with van der Waals surface area (Å²) in [5, 5.41) is 19.4. The second kappa shape index (κ2) is 6.05. The summed E-state index contributed by atoms with van der Waals surface area (Å²) in [6, 6.07) is 0. The molecule has 2 atom stereocenters. The second-order valence-corrected chi connectivity index (χ2v) is 8.58. The van der Waals surface area contributed by atoms with Crippen LogP contribution in [0.2, 0.25) is 0 Å². The lowest BCUT2D eigenvalue weighted by atomic mass is 9.50. The highest BCUT2D eigenvalue weighted by atomic mass is 16.2. The Labute approximate surface area is 157 Å². The zero-order chi connectivity index (χ0) is 18.5. The van der Waals surface area contributed by atoms with Gasteiger partial charge in [0.25, 0.3) is 0 Å². The van der Waals surface area contributed by atoms with Gasteiger partial charge in [-0.05, 0) is 62.5 Å². The van der Waals surface area contributed by atoms with Gasteiger partial charge in [-0.3, -0.25) is 9.78 Å². The molecule has 2 heterocycles. The van der Waals surface area contributed by atoms with Crippen LogP contribution < -0.4 is 10.6 Å². The van der Waals surface area contributed by atoms with Gasteiger partial charge in [0.2, 0.25) is 5.91 Å². The quantitative estimate of drug-likeness (QED) is 0.811. The minimum absolute atomic E-state index is 0.0225. The SMILES string of the molecule is Cc1nnn(C23C[C@H]4C[C@@H](CC(NCC(=O)Nc5cnccn5)(C4)C2)C3)n1. The lowest BCUT2D eigenvalue weighted by Gasteiger charge is -2.61. The smallest absolute Gasteiger partial charge is 0.239 e. The molecule has 27 heavy (non-hydrogen) atoms. The summed E-state index contributed by atoms with van der Waals surface area (Å²) < 4.78 is 0. The fraction of sp³-hybridized carbons (Fsp3) is 0.667. The predicted octanol–water partition coefficient (Wildman–Crippen LogP) is 1.05. The average Bonchev–Trinajstić information content (AvgIpc) is 3.07. The minimum atomic E-state index is -0.0879. The Morgan fingerprint density at radius 2 is 2.07 bits per heavy atom. The molecule has 4 bridgehead atoms. The summed E-state index contributed by atoms with van der Waals surface area (Å²) in [6.07, 6.45) is 11.4. The van der Waals surface area contributed by atoms with E-state index in [-0.39, 0.29) is 23.5 Å². The maximum Gasteiger partial charge on any atom is 0.239 e. The van der Waals surface area contributed by atoms with Crippen LogP contribution in [0.25, 0.3) is 0 Å². The molecule has 4 aliphatic rings. The van der Waals surface area contributed by atoms with Crippen LogP contribution in [-0.4, -0.2) is 48.2 Å². The van der Waals surface area contributed by atoms with Gasteiger partial charge in [0.05, 0.1) is 18.3 Å². The van der Waals surface area contributed by atoms with E-state index < -0.39 is 0 Å². The molecule has 4 fully saturated rings. The molecule has 142 valence electrons. The van der Waals surface area contributed by atoms with E-state index in [0.717, 1.165) is 37.9 Å². The Morgan fingerprint density at radius 3 is 2.74 bits per heavy atom. The second-order valence-electron chi connectivity index (χ2n) is 8.58. The molecular formula is C18H24N8O. The molecule has 0 unspecified atom stereocenters. The van der Waals surface area contributed by atoms with Crippen LogP contribution in [-0.2, 0) is 10.3 Å². The molecule has 2 aromatic rings. The largest absolute Gasteiger partial charge is 0.308 e. The monoisotopic (exact) mass is 368 g/mol. The first-order chi connectivity index (χ1) is 13.0. The molecule has 4 aliphatic carbocycles. The number of hydrogen-bond donors (Lipinski definition) is 2. The molecule has 1 amide bonds. The first-order valence-corrected chi connectivity index (χ1v) is 9.62. The summed E-state index contributed by atoms with van der Waals surface area (Å²) in [5.74, 6) is 2.43. The van der Waals surface area contributed by atoms with Crippen molar-refractivity contribution in [1.82, 2.24) is 35.5 Å². The summed E-state index contributed by atoms with van der Waals surface area (Å²) in [5.41, 5.74) is -0.0783. The van der Waals surface area contributed by atoms with Crippen molar-refractivity contribution >= 4 is 11.7 Å². The van der Waals surface area contributed by atoms with E-state index in [1.165, 1.54) is 6.42 Å². The van der Waals surface area contributed by atoms with E-state index in [1.54, 1.807) is 18.6 Å². The van der Waals surface area contributed by atoms with Crippen molar-refractivity contribution in [1.29, 1.82) is 0 Å². The van der Waals surface area contributed by atoms with Gasteiger partial charge in [-0.1, -0.05) is 0 Å². The lowest BCUT2D eigenvalue weighted by molar-refractivity contribution is -0.118. The highest BCUT2D eigenvalue weighted by Gasteiger charge is 2.59. The molecule has 0 radical (unpaired) electrons. The fourth-order valence-corrected chi connectivity index (χ4v) is 5.96. The van der Waals surface area contributed by atoms with Crippen molar-refractivity contribution in [2.24, 2.45) is 11.8 Å². The summed E-state index contributed by atoms with van der Waals surface area (Å²) in [7, 11) is 0. The van der Waals surface area contributed by atoms with Crippen LogP contribution in [0, 0.1) is 18.8 Å². The third-order valence-corrected chi connectivity index (χ3v) is 6.42. The number of hydrogen-bond acceptors (Lipinski definition) is 7. The van der Waals surface area contributed by atoms with Gasteiger partial charge in [-0.25, -0.2) is 4.98 Å².